The van der Waals surface area contributed by atoms with Gasteiger partial charge in [-0.15, -0.1) is 0 Å². The molecular formula is C11H14F3NO. The van der Waals surface area contributed by atoms with Crippen molar-refractivity contribution in [1.29, 1.82) is 0 Å². The quantitative estimate of drug-likeness (QED) is 0.837. The first kappa shape index (κ1) is 13.0. The zero-order chi connectivity index (χ0) is 12.2. The Kier molecular flexibility index (Phi) is 4.32. The molecule has 1 rings (SSSR count). The molecule has 0 radical (unpaired) electrons. The van der Waals surface area contributed by atoms with Gasteiger partial charge < -0.3 is 10.8 Å². The van der Waals surface area contributed by atoms with Gasteiger partial charge in [0, 0.05) is 6.54 Å². The van der Waals surface area contributed by atoms with E-state index in [9.17, 15) is 18.3 Å². The van der Waals surface area contributed by atoms with E-state index in [0.29, 0.717) is 5.56 Å². The van der Waals surface area contributed by atoms with Crippen LogP contribution in [0.25, 0.3) is 0 Å². The zero-order valence-corrected chi connectivity index (χ0v) is 8.61. The number of hydrogen-bond donors (Lipinski definition) is 2. The van der Waals surface area contributed by atoms with Crippen molar-refractivity contribution in [2.45, 2.75) is 18.7 Å². The van der Waals surface area contributed by atoms with Crippen molar-refractivity contribution < 1.29 is 18.3 Å². The molecule has 0 saturated heterocycles. The van der Waals surface area contributed by atoms with Crippen LogP contribution in [0.3, 0.4) is 0 Å². The third-order valence-corrected chi connectivity index (χ3v) is 2.44. The minimum atomic E-state index is -4.36. The molecule has 0 bridgehead atoms. The fourth-order valence-electron chi connectivity index (χ4n) is 1.44. The van der Waals surface area contributed by atoms with Crippen molar-refractivity contribution in [2.75, 3.05) is 6.54 Å². The van der Waals surface area contributed by atoms with Gasteiger partial charge in [-0.2, -0.15) is 13.2 Å². The molecule has 2 nitrogen and oxygen atoms in total. The van der Waals surface area contributed by atoms with Gasteiger partial charge in [0.05, 0.1) is 12.0 Å². The molecule has 0 amide bonds. The van der Waals surface area contributed by atoms with E-state index in [0.717, 1.165) is 0 Å². The van der Waals surface area contributed by atoms with Gasteiger partial charge in [0.1, 0.15) is 0 Å². The van der Waals surface area contributed by atoms with Crippen molar-refractivity contribution in [3.63, 3.8) is 0 Å². The summed E-state index contributed by atoms with van der Waals surface area (Å²) in [5.41, 5.74) is 5.53. The number of benzene rings is 1. The minimum absolute atomic E-state index is 0.399. The lowest BCUT2D eigenvalue weighted by molar-refractivity contribution is -0.179. The highest BCUT2D eigenvalue weighted by molar-refractivity contribution is 5.17. The standard InChI is InChI=1S/C11H14F3NO/c12-11(13,14)9(7-15)6-10(16)8-4-2-1-3-5-8/h1-5,9-10,16H,6-7,15H2/t9-,10-/m0/s1. The molecular weight excluding hydrogens is 219 g/mol. The smallest absolute Gasteiger partial charge is 0.388 e. The van der Waals surface area contributed by atoms with Crippen molar-refractivity contribution in [2.24, 2.45) is 11.7 Å². The van der Waals surface area contributed by atoms with Crippen LogP contribution in [0.5, 0.6) is 0 Å². The maximum Gasteiger partial charge on any atom is 0.393 e. The average molecular weight is 233 g/mol. The fraction of sp³-hybridized carbons (Fsp3) is 0.455. The first-order valence-corrected chi connectivity index (χ1v) is 4.95. The van der Waals surface area contributed by atoms with Crippen LogP contribution >= 0.6 is 0 Å². The van der Waals surface area contributed by atoms with E-state index < -0.39 is 31.2 Å². The summed E-state index contributed by atoms with van der Waals surface area (Å²) in [6.45, 7) is -0.507. The Morgan fingerprint density at radius 3 is 2.19 bits per heavy atom. The Hall–Kier alpha value is -1.07. The molecule has 5 heteroatoms. The van der Waals surface area contributed by atoms with Gasteiger partial charge in [-0.05, 0) is 12.0 Å². The number of nitrogens with two attached hydrogens (primary N) is 1. The summed E-state index contributed by atoms with van der Waals surface area (Å²) in [7, 11) is 0. The topological polar surface area (TPSA) is 46.2 Å². The summed E-state index contributed by atoms with van der Waals surface area (Å²) in [5.74, 6) is -1.66. The highest BCUT2D eigenvalue weighted by atomic mass is 19.4. The summed E-state index contributed by atoms with van der Waals surface area (Å²) in [5, 5.41) is 9.63. The van der Waals surface area contributed by atoms with E-state index in [1.807, 2.05) is 0 Å². The monoisotopic (exact) mass is 233 g/mol. The Morgan fingerprint density at radius 2 is 1.75 bits per heavy atom. The van der Waals surface area contributed by atoms with Crippen LogP contribution in [0.4, 0.5) is 13.2 Å². The van der Waals surface area contributed by atoms with Gasteiger partial charge in [-0.25, -0.2) is 0 Å². The SMILES string of the molecule is NC[C@H](C[C@H](O)c1ccccc1)C(F)(F)F. The molecule has 16 heavy (non-hydrogen) atoms. The molecule has 0 aliphatic rings. The van der Waals surface area contributed by atoms with Crippen molar-refractivity contribution >= 4 is 0 Å². The van der Waals surface area contributed by atoms with Gasteiger partial charge in [-0.3, -0.25) is 0 Å². The van der Waals surface area contributed by atoms with Gasteiger partial charge in [0.25, 0.3) is 0 Å². The Balaban J connectivity index is 2.67. The van der Waals surface area contributed by atoms with Gasteiger partial charge in [0.2, 0.25) is 0 Å². The normalized spacial score (nSPS) is 15.8. The molecule has 1 aromatic rings. The van der Waals surface area contributed by atoms with Crippen LogP contribution in [0.2, 0.25) is 0 Å². The summed E-state index contributed by atoms with van der Waals surface area (Å²) in [4.78, 5) is 0. The number of aliphatic hydroxyl groups excluding tert-OH is 1. The fourth-order valence-corrected chi connectivity index (χ4v) is 1.44. The largest absolute Gasteiger partial charge is 0.393 e. The lowest BCUT2D eigenvalue weighted by Crippen LogP contribution is -2.31. The second-order valence-electron chi connectivity index (χ2n) is 3.64. The molecule has 1 aromatic carbocycles. The number of alkyl halides is 3. The van der Waals surface area contributed by atoms with Gasteiger partial charge >= 0.3 is 6.18 Å². The molecule has 0 heterocycles. The van der Waals surface area contributed by atoms with E-state index >= 15 is 0 Å². The van der Waals surface area contributed by atoms with E-state index in [1.54, 1.807) is 30.3 Å². The summed E-state index contributed by atoms with van der Waals surface area (Å²) in [6.07, 6.45) is -5.88. The Morgan fingerprint density at radius 1 is 1.19 bits per heavy atom. The van der Waals surface area contributed by atoms with Gasteiger partial charge in [0.15, 0.2) is 0 Å². The number of rotatable bonds is 4. The molecule has 0 aromatic heterocycles. The molecule has 0 fully saturated rings. The predicted octanol–water partition coefficient (Wildman–Crippen LogP) is 2.25. The van der Waals surface area contributed by atoms with Gasteiger partial charge in [-0.1, -0.05) is 30.3 Å². The van der Waals surface area contributed by atoms with E-state index in [2.05, 4.69) is 0 Å². The minimum Gasteiger partial charge on any atom is -0.388 e. The third kappa shape index (κ3) is 3.50. The maximum absolute atomic E-state index is 12.4. The average Bonchev–Trinajstić information content (AvgIpc) is 2.25. The zero-order valence-electron chi connectivity index (χ0n) is 8.61. The molecule has 2 atom stereocenters. The van der Waals surface area contributed by atoms with Crippen LogP contribution in [-0.2, 0) is 0 Å². The number of halogens is 3. The van der Waals surface area contributed by atoms with Crippen molar-refractivity contribution in [3.8, 4) is 0 Å². The predicted molar refractivity (Wildman–Crippen MR) is 54.6 cm³/mol. The lowest BCUT2D eigenvalue weighted by Gasteiger charge is -2.21. The molecule has 0 saturated carbocycles. The molecule has 0 spiro atoms. The van der Waals surface area contributed by atoms with Crippen molar-refractivity contribution in [1.82, 2.24) is 0 Å². The van der Waals surface area contributed by atoms with Crippen LogP contribution in [-0.4, -0.2) is 17.8 Å². The summed E-state index contributed by atoms with van der Waals surface area (Å²) < 4.78 is 37.2. The second kappa shape index (κ2) is 5.32. The molecule has 0 unspecified atom stereocenters. The Bertz CT molecular complexity index is 313. The van der Waals surface area contributed by atoms with Crippen LogP contribution in [0.1, 0.15) is 18.1 Å². The highest BCUT2D eigenvalue weighted by Crippen LogP contribution is 2.32. The Labute approximate surface area is 91.9 Å². The van der Waals surface area contributed by atoms with Crippen LogP contribution in [0.15, 0.2) is 30.3 Å². The number of hydrogen-bond acceptors (Lipinski definition) is 2. The first-order valence-electron chi connectivity index (χ1n) is 4.95. The van der Waals surface area contributed by atoms with E-state index in [4.69, 9.17) is 5.73 Å². The molecule has 0 aliphatic carbocycles. The molecule has 90 valence electrons. The first-order chi connectivity index (χ1) is 7.45. The maximum atomic E-state index is 12.4. The van der Waals surface area contributed by atoms with Crippen molar-refractivity contribution in [3.05, 3.63) is 35.9 Å². The number of aliphatic hydroxyl groups is 1. The summed E-state index contributed by atoms with van der Waals surface area (Å²) in [6, 6.07) is 8.26. The molecule has 0 aliphatic heterocycles. The molecule has 3 N–H and O–H groups in total. The summed E-state index contributed by atoms with van der Waals surface area (Å²) >= 11 is 0. The van der Waals surface area contributed by atoms with Crippen LogP contribution in [0, 0.1) is 5.92 Å². The second-order valence-corrected chi connectivity index (χ2v) is 3.64. The van der Waals surface area contributed by atoms with E-state index in [-0.39, 0.29) is 0 Å². The lowest BCUT2D eigenvalue weighted by atomic mass is 9.96. The van der Waals surface area contributed by atoms with Crippen LogP contribution < -0.4 is 5.73 Å². The van der Waals surface area contributed by atoms with E-state index in [1.165, 1.54) is 0 Å². The third-order valence-electron chi connectivity index (χ3n) is 2.44. The highest BCUT2D eigenvalue weighted by Gasteiger charge is 2.39.